The van der Waals surface area contributed by atoms with E-state index in [1.807, 2.05) is 18.2 Å². The van der Waals surface area contributed by atoms with Crippen LogP contribution in [0.5, 0.6) is 5.75 Å². The fourth-order valence-electron chi connectivity index (χ4n) is 2.39. The quantitative estimate of drug-likeness (QED) is 0.859. The second kappa shape index (κ2) is 4.27. The molecule has 0 radical (unpaired) electrons. The van der Waals surface area contributed by atoms with Crippen LogP contribution in [0.1, 0.15) is 38.2 Å². The zero-order valence-electron chi connectivity index (χ0n) is 9.66. The number of hydrogen-bond donors (Lipinski definition) is 1. The van der Waals surface area contributed by atoms with Crippen LogP contribution in [0.4, 0.5) is 0 Å². The van der Waals surface area contributed by atoms with E-state index in [9.17, 15) is 0 Å². The molecular weight excluding hydrogens is 224 g/mol. The predicted octanol–water partition coefficient (Wildman–Crippen LogP) is 3.37. The van der Waals surface area contributed by atoms with Crippen LogP contribution in [0.25, 0.3) is 0 Å². The van der Waals surface area contributed by atoms with Crippen molar-refractivity contribution in [2.75, 3.05) is 6.61 Å². The Morgan fingerprint density at radius 2 is 2.25 bits per heavy atom. The summed E-state index contributed by atoms with van der Waals surface area (Å²) in [5.41, 5.74) is 0.960. The van der Waals surface area contributed by atoms with Crippen molar-refractivity contribution in [2.45, 2.75) is 38.2 Å². The lowest BCUT2D eigenvalue weighted by Crippen LogP contribution is -2.35. The summed E-state index contributed by atoms with van der Waals surface area (Å²) < 4.78 is 5.91. The van der Waals surface area contributed by atoms with Crippen molar-refractivity contribution in [1.82, 2.24) is 0 Å². The normalized spacial score (nSPS) is 22.4. The van der Waals surface area contributed by atoms with Gasteiger partial charge in [-0.3, -0.25) is 0 Å². The van der Waals surface area contributed by atoms with Crippen molar-refractivity contribution in [1.29, 1.82) is 0 Å². The van der Waals surface area contributed by atoms with Crippen LogP contribution in [0.2, 0.25) is 5.02 Å². The molecule has 1 N–H and O–H groups in total. The molecule has 2 nitrogen and oxygen atoms in total. The number of hydrogen-bond acceptors (Lipinski definition) is 2. The van der Waals surface area contributed by atoms with Crippen LogP contribution in [0.15, 0.2) is 18.2 Å². The Morgan fingerprint density at radius 3 is 2.94 bits per heavy atom. The second-order valence-corrected chi connectivity index (χ2v) is 5.39. The molecule has 1 aromatic carbocycles. The van der Waals surface area contributed by atoms with E-state index in [0.29, 0.717) is 5.92 Å². The number of ether oxygens (including phenoxy) is 1. The molecule has 1 heterocycles. The largest absolute Gasteiger partial charge is 0.488 e. The standard InChI is InChI=1S/C13H17ClO2/c1-13(2)8-9(5-6-15)11-7-10(14)3-4-12(11)16-13/h3-4,7,9,15H,5-6,8H2,1-2H3. The first-order valence-corrected chi connectivity index (χ1v) is 5.99. The van der Waals surface area contributed by atoms with Gasteiger partial charge in [0.1, 0.15) is 11.4 Å². The Morgan fingerprint density at radius 1 is 1.50 bits per heavy atom. The minimum absolute atomic E-state index is 0.166. The molecular formula is C13H17ClO2. The molecule has 16 heavy (non-hydrogen) atoms. The Hall–Kier alpha value is -0.730. The molecule has 1 aliphatic heterocycles. The van der Waals surface area contributed by atoms with Crippen molar-refractivity contribution in [3.63, 3.8) is 0 Å². The van der Waals surface area contributed by atoms with Gasteiger partial charge in [-0.1, -0.05) is 11.6 Å². The third-order valence-corrected chi connectivity index (χ3v) is 3.25. The van der Waals surface area contributed by atoms with Crippen molar-refractivity contribution in [2.24, 2.45) is 0 Å². The van der Waals surface area contributed by atoms with Crippen molar-refractivity contribution in [3.05, 3.63) is 28.8 Å². The molecule has 0 bridgehead atoms. The molecule has 1 unspecified atom stereocenters. The predicted molar refractivity (Wildman–Crippen MR) is 65.2 cm³/mol. The van der Waals surface area contributed by atoms with Gasteiger partial charge in [-0.2, -0.15) is 0 Å². The van der Waals surface area contributed by atoms with Crippen LogP contribution >= 0.6 is 11.6 Å². The summed E-state index contributed by atoms with van der Waals surface area (Å²) in [5.74, 6) is 1.24. The Bertz CT molecular complexity index is 388. The highest BCUT2D eigenvalue weighted by Gasteiger charge is 2.33. The van der Waals surface area contributed by atoms with Crippen LogP contribution in [0.3, 0.4) is 0 Å². The molecule has 1 aliphatic rings. The van der Waals surface area contributed by atoms with E-state index in [4.69, 9.17) is 21.4 Å². The molecule has 88 valence electrons. The maximum Gasteiger partial charge on any atom is 0.123 e. The lowest BCUT2D eigenvalue weighted by Gasteiger charge is -2.37. The lowest BCUT2D eigenvalue weighted by molar-refractivity contribution is 0.0672. The number of benzene rings is 1. The van der Waals surface area contributed by atoms with E-state index in [1.165, 1.54) is 0 Å². The van der Waals surface area contributed by atoms with Gasteiger partial charge >= 0.3 is 0 Å². The molecule has 2 rings (SSSR count). The molecule has 1 aromatic rings. The number of rotatable bonds is 2. The topological polar surface area (TPSA) is 29.5 Å². The number of aliphatic hydroxyl groups is 1. The summed E-state index contributed by atoms with van der Waals surface area (Å²) in [6, 6.07) is 5.72. The van der Waals surface area contributed by atoms with Crippen LogP contribution < -0.4 is 4.74 Å². The fourth-order valence-corrected chi connectivity index (χ4v) is 2.57. The second-order valence-electron chi connectivity index (χ2n) is 4.96. The minimum atomic E-state index is -0.166. The SMILES string of the molecule is CC1(C)CC(CCO)c2cc(Cl)ccc2O1. The number of halogens is 1. The fraction of sp³-hybridized carbons (Fsp3) is 0.538. The average Bonchev–Trinajstić information content (AvgIpc) is 2.18. The van der Waals surface area contributed by atoms with Gasteiger partial charge < -0.3 is 9.84 Å². The maximum absolute atomic E-state index is 9.11. The molecule has 3 heteroatoms. The zero-order chi connectivity index (χ0) is 11.8. The number of fused-ring (bicyclic) bond motifs is 1. The van der Waals surface area contributed by atoms with Crippen LogP contribution in [-0.4, -0.2) is 17.3 Å². The van der Waals surface area contributed by atoms with Gasteiger partial charge in [0, 0.05) is 11.6 Å². The van der Waals surface area contributed by atoms with E-state index >= 15 is 0 Å². The Labute approximate surface area is 101 Å². The summed E-state index contributed by atoms with van der Waals surface area (Å²) in [5, 5.41) is 9.84. The van der Waals surface area contributed by atoms with Crippen molar-refractivity contribution < 1.29 is 9.84 Å². The molecule has 0 saturated carbocycles. The van der Waals surface area contributed by atoms with E-state index in [1.54, 1.807) is 0 Å². The first-order chi connectivity index (χ1) is 7.52. The molecule has 0 saturated heterocycles. The van der Waals surface area contributed by atoms with Crippen LogP contribution in [-0.2, 0) is 0 Å². The zero-order valence-corrected chi connectivity index (χ0v) is 10.4. The molecule has 0 spiro atoms. The molecule has 0 amide bonds. The summed E-state index contributed by atoms with van der Waals surface area (Å²) in [7, 11) is 0. The van der Waals surface area contributed by atoms with Gasteiger partial charge in [-0.05, 0) is 56.4 Å². The van der Waals surface area contributed by atoms with Gasteiger partial charge in [-0.15, -0.1) is 0 Å². The lowest BCUT2D eigenvalue weighted by atomic mass is 9.83. The third-order valence-electron chi connectivity index (χ3n) is 3.01. The van der Waals surface area contributed by atoms with E-state index in [0.717, 1.165) is 29.2 Å². The smallest absolute Gasteiger partial charge is 0.123 e. The van der Waals surface area contributed by atoms with E-state index in [-0.39, 0.29) is 12.2 Å². The summed E-state index contributed by atoms with van der Waals surface area (Å²) >= 11 is 6.00. The van der Waals surface area contributed by atoms with Crippen molar-refractivity contribution >= 4 is 11.6 Å². The van der Waals surface area contributed by atoms with Gasteiger partial charge in [0.15, 0.2) is 0 Å². The first kappa shape index (κ1) is 11.7. The maximum atomic E-state index is 9.11. The third kappa shape index (κ3) is 2.33. The summed E-state index contributed by atoms with van der Waals surface area (Å²) in [6.07, 6.45) is 1.68. The number of aliphatic hydroxyl groups excluding tert-OH is 1. The molecule has 0 aromatic heterocycles. The Kier molecular flexibility index (Phi) is 3.13. The Balaban J connectivity index is 2.39. The first-order valence-electron chi connectivity index (χ1n) is 5.61. The monoisotopic (exact) mass is 240 g/mol. The van der Waals surface area contributed by atoms with Gasteiger partial charge in [0.2, 0.25) is 0 Å². The minimum Gasteiger partial charge on any atom is -0.488 e. The molecule has 0 fully saturated rings. The molecule has 1 atom stereocenters. The summed E-state index contributed by atoms with van der Waals surface area (Å²) in [4.78, 5) is 0. The highest BCUT2D eigenvalue weighted by molar-refractivity contribution is 6.30. The summed E-state index contributed by atoms with van der Waals surface area (Å²) in [6.45, 7) is 4.36. The van der Waals surface area contributed by atoms with Gasteiger partial charge in [-0.25, -0.2) is 0 Å². The van der Waals surface area contributed by atoms with Crippen LogP contribution in [0, 0.1) is 0 Å². The van der Waals surface area contributed by atoms with E-state index < -0.39 is 0 Å². The molecule has 0 aliphatic carbocycles. The highest BCUT2D eigenvalue weighted by atomic mass is 35.5. The van der Waals surface area contributed by atoms with Crippen molar-refractivity contribution in [3.8, 4) is 5.75 Å². The average molecular weight is 241 g/mol. The van der Waals surface area contributed by atoms with E-state index in [2.05, 4.69) is 13.8 Å². The van der Waals surface area contributed by atoms with Gasteiger partial charge in [0.25, 0.3) is 0 Å². The van der Waals surface area contributed by atoms with Gasteiger partial charge in [0.05, 0.1) is 0 Å². The highest BCUT2D eigenvalue weighted by Crippen LogP contribution is 2.43.